The van der Waals surface area contributed by atoms with Gasteiger partial charge in [-0.15, -0.1) is 0 Å². The molecule has 0 fully saturated rings. The Morgan fingerprint density at radius 3 is 2.57 bits per heavy atom. The predicted molar refractivity (Wildman–Crippen MR) is 110 cm³/mol. The van der Waals surface area contributed by atoms with Gasteiger partial charge in [-0.3, -0.25) is 9.89 Å². The van der Waals surface area contributed by atoms with E-state index in [-0.39, 0.29) is 5.56 Å². The zero-order valence-electron chi connectivity index (χ0n) is 16.5. The summed E-state index contributed by atoms with van der Waals surface area (Å²) in [4.78, 5) is 25.3. The van der Waals surface area contributed by atoms with Crippen molar-refractivity contribution < 1.29 is 9.18 Å². The van der Waals surface area contributed by atoms with Gasteiger partial charge in [-0.25, -0.2) is 19.3 Å². The van der Waals surface area contributed by atoms with Gasteiger partial charge in [-0.2, -0.15) is 5.10 Å². The third kappa shape index (κ3) is 4.54. The zero-order chi connectivity index (χ0) is 21.1. The predicted octanol–water partition coefficient (Wildman–Crippen LogP) is 3.86. The Hall–Kier alpha value is -3.94. The van der Waals surface area contributed by atoms with Crippen LogP contribution in [0.5, 0.6) is 0 Å². The van der Waals surface area contributed by atoms with Gasteiger partial charge in [-0.05, 0) is 55.8 Å². The summed E-state index contributed by atoms with van der Waals surface area (Å²) in [5.41, 5.74) is 2.91. The molecule has 0 saturated heterocycles. The molecule has 0 bridgehead atoms. The van der Waals surface area contributed by atoms with Crippen molar-refractivity contribution in [2.75, 3.05) is 5.32 Å². The van der Waals surface area contributed by atoms with Crippen LogP contribution >= 0.6 is 0 Å². The third-order valence-corrected chi connectivity index (χ3v) is 4.45. The molecule has 8 heteroatoms. The van der Waals surface area contributed by atoms with Gasteiger partial charge in [0.15, 0.2) is 5.82 Å². The summed E-state index contributed by atoms with van der Waals surface area (Å²) >= 11 is 0. The highest BCUT2D eigenvalue weighted by atomic mass is 19.1. The van der Waals surface area contributed by atoms with Crippen molar-refractivity contribution >= 4 is 11.6 Å². The number of benzene rings is 2. The minimum Gasteiger partial charge on any atom is -0.322 e. The molecule has 0 aliphatic heterocycles. The first-order valence-corrected chi connectivity index (χ1v) is 9.35. The van der Waals surface area contributed by atoms with Crippen molar-refractivity contribution in [1.82, 2.24) is 25.1 Å². The summed E-state index contributed by atoms with van der Waals surface area (Å²) in [5.74, 6) is 1.13. The molecule has 0 unspecified atom stereocenters. The number of nitrogens with zero attached hydrogens (tertiary/aromatic N) is 4. The fourth-order valence-electron chi connectivity index (χ4n) is 3.05. The Balaban J connectivity index is 1.49. The van der Waals surface area contributed by atoms with E-state index in [0.717, 1.165) is 11.4 Å². The third-order valence-electron chi connectivity index (χ3n) is 4.45. The van der Waals surface area contributed by atoms with E-state index in [0.29, 0.717) is 35.0 Å². The number of rotatable bonds is 5. The van der Waals surface area contributed by atoms with E-state index in [1.807, 2.05) is 19.1 Å². The normalized spacial score (nSPS) is 10.8. The highest BCUT2D eigenvalue weighted by Gasteiger charge is 2.12. The van der Waals surface area contributed by atoms with Crippen LogP contribution in [0.1, 0.15) is 33.4 Å². The standard InChI is InChI=1S/C22H19FN6O/c1-13-24-8-7-20(25-13)16-10-17(12-18(23)11-16)22(30)27-19-5-3-15(4-6-19)9-21-26-14(2)28-29-21/h3-8,10-12H,9H2,1-2H3,(H,27,30)(H,26,28,29). The lowest BCUT2D eigenvalue weighted by molar-refractivity contribution is 0.102. The van der Waals surface area contributed by atoms with E-state index >= 15 is 0 Å². The molecule has 4 rings (SSSR count). The Morgan fingerprint density at radius 1 is 1.07 bits per heavy atom. The molecule has 1 amide bonds. The number of aryl methyl sites for hydroxylation is 2. The Morgan fingerprint density at radius 2 is 1.87 bits per heavy atom. The maximum Gasteiger partial charge on any atom is 0.255 e. The van der Waals surface area contributed by atoms with Gasteiger partial charge in [-0.1, -0.05) is 12.1 Å². The van der Waals surface area contributed by atoms with E-state index in [1.54, 1.807) is 37.4 Å². The quantitative estimate of drug-likeness (QED) is 0.528. The summed E-state index contributed by atoms with van der Waals surface area (Å²) in [6.45, 7) is 3.60. The number of carbonyl (C=O) groups is 1. The molecule has 0 radical (unpaired) electrons. The average molecular weight is 402 g/mol. The first-order chi connectivity index (χ1) is 14.5. The van der Waals surface area contributed by atoms with Crippen LogP contribution < -0.4 is 5.32 Å². The Kier molecular flexibility index (Phi) is 5.30. The molecular formula is C22H19FN6O. The molecular weight excluding hydrogens is 383 g/mol. The smallest absolute Gasteiger partial charge is 0.255 e. The van der Waals surface area contributed by atoms with Crippen LogP contribution in [0.25, 0.3) is 11.3 Å². The summed E-state index contributed by atoms with van der Waals surface area (Å²) in [6.07, 6.45) is 2.19. The van der Waals surface area contributed by atoms with Gasteiger partial charge in [0.25, 0.3) is 5.91 Å². The highest BCUT2D eigenvalue weighted by molar-refractivity contribution is 6.04. The van der Waals surface area contributed by atoms with Crippen molar-refractivity contribution in [2.24, 2.45) is 0 Å². The maximum absolute atomic E-state index is 14.1. The molecule has 0 spiro atoms. The van der Waals surface area contributed by atoms with E-state index in [2.05, 4.69) is 30.5 Å². The topological polar surface area (TPSA) is 96.5 Å². The summed E-state index contributed by atoms with van der Waals surface area (Å²) in [7, 11) is 0. The van der Waals surface area contributed by atoms with Gasteiger partial charge in [0, 0.05) is 29.4 Å². The zero-order valence-corrected chi connectivity index (χ0v) is 16.5. The number of carbonyl (C=O) groups excluding carboxylic acids is 1. The lowest BCUT2D eigenvalue weighted by atomic mass is 10.1. The number of amides is 1. The summed E-state index contributed by atoms with van der Waals surface area (Å²) < 4.78 is 14.1. The Bertz CT molecular complexity index is 1200. The highest BCUT2D eigenvalue weighted by Crippen LogP contribution is 2.21. The van der Waals surface area contributed by atoms with Crippen LogP contribution in [0.4, 0.5) is 10.1 Å². The van der Waals surface area contributed by atoms with Crippen molar-refractivity contribution in [3.8, 4) is 11.3 Å². The van der Waals surface area contributed by atoms with E-state index in [9.17, 15) is 9.18 Å². The SMILES string of the molecule is Cc1nccc(-c2cc(F)cc(C(=O)Nc3ccc(Cc4n[nH]c(C)n4)cc3)c2)n1. The number of hydrogen-bond donors (Lipinski definition) is 2. The van der Waals surface area contributed by atoms with E-state index < -0.39 is 11.7 Å². The molecule has 2 aromatic heterocycles. The van der Waals surface area contributed by atoms with Crippen LogP contribution in [-0.2, 0) is 6.42 Å². The molecule has 7 nitrogen and oxygen atoms in total. The molecule has 150 valence electrons. The molecule has 2 aromatic carbocycles. The largest absolute Gasteiger partial charge is 0.322 e. The second kappa shape index (κ2) is 8.20. The molecule has 0 aliphatic carbocycles. The first kappa shape index (κ1) is 19.4. The monoisotopic (exact) mass is 402 g/mol. The van der Waals surface area contributed by atoms with Crippen molar-refractivity contribution in [1.29, 1.82) is 0 Å². The second-order valence-corrected chi connectivity index (χ2v) is 6.88. The lowest BCUT2D eigenvalue weighted by Crippen LogP contribution is -2.12. The van der Waals surface area contributed by atoms with Crippen LogP contribution in [0.15, 0.2) is 54.7 Å². The summed E-state index contributed by atoms with van der Waals surface area (Å²) in [5, 5.41) is 9.72. The average Bonchev–Trinajstić information content (AvgIpc) is 3.13. The van der Waals surface area contributed by atoms with Crippen LogP contribution in [-0.4, -0.2) is 31.1 Å². The lowest BCUT2D eigenvalue weighted by Gasteiger charge is -2.09. The molecule has 30 heavy (non-hydrogen) atoms. The molecule has 0 saturated carbocycles. The molecule has 2 heterocycles. The minimum absolute atomic E-state index is 0.210. The van der Waals surface area contributed by atoms with Gasteiger partial charge in [0.1, 0.15) is 17.5 Å². The van der Waals surface area contributed by atoms with Crippen LogP contribution in [0.3, 0.4) is 0 Å². The molecule has 2 N–H and O–H groups in total. The van der Waals surface area contributed by atoms with Gasteiger partial charge in [0.05, 0.1) is 5.69 Å². The first-order valence-electron chi connectivity index (χ1n) is 9.35. The van der Waals surface area contributed by atoms with Gasteiger partial charge < -0.3 is 5.32 Å². The van der Waals surface area contributed by atoms with Crippen LogP contribution in [0.2, 0.25) is 0 Å². The van der Waals surface area contributed by atoms with Gasteiger partial charge in [0.2, 0.25) is 0 Å². The number of hydrogen-bond acceptors (Lipinski definition) is 5. The number of H-pyrrole nitrogens is 1. The number of nitrogens with one attached hydrogen (secondary N) is 2. The minimum atomic E-state index is -0.508. The molecule has 0 aliphatic rings. The van der Waals surface area contributed by atoms with Crippen LogP contribution in [0, 0.1) is 19.7 Å². The number of anilines is 1. The fraction of sp³-hybridized carbons (Fsp3) is 0.136. The molecule has 0 atom stereocenters. The van der Waals surface area contributed by atoms with E-state index in [1.165, 1.54) is 12.1 Å². The number of aromatic amines is 1. The van der Waals surface area contributed by atoms with Gasteiger partial charge >= 0.3 is 0 Å². The van der Waals surface area contributed by atoms with E-state index in [4.69, 9.17) is 0 Å². The van der Waals surface area contributed by atoms with Crippen molar-refractivity contribution in [2.45, 2.75) is 20.3 Å². The number of aromatic nitrogens is 5. The fourth-order valence-corrected chi connectivity index (χ4v) is 3.05. The molecule has 4 aromatic rings. The summed E-state index contributed by atoms with van der Waals surface area (Å²) in [6, 6.07) is 13.2. The second-order valence-electron chi connectivity index (χ2n) is 6.88. The van der Waals surface area contributed by atoms with Crippen molar-refractivity contribution in [3.63, 3.8) is 0 Å². The Labute approximate surface area is 172 Å². The maximum atomic E-state index is 14.1. The van der Waals surface area contributed by atoms with Crippen molar-refractivity contribution in [3.05, 3.63) is 89.1 Å². The number of halogens is 1.